The molecule has 0 radical (unpaired) electrons. The van der Waals surface area contributed by atoms with Crippen LogP contribution in [0.4, 0.5) is 11.4 Å². The first-order chi connectivity index (χ1) is 9.60. The van der Waals surface area contributed by atoms with E-state index in [0.717, 1.165) is 25.9 Å². The number of rotatable bonds is 4. The maximum absolute atomic E-state index is 11.1. The van der Waals surface area contributed by atoms with Crippen LogP contribution in [0.15, 0.2) is 22.7 Å². The predicted molar refractivity (Wildman–Crippen MR) is 82.7 cm³/mol. The van der Waals surface area contributed by atoms with Crippen LogP contribution in [0.1, 0.15) is 12.8 Å². The van der Waals surface area contributed by atoms with Gasteiger partial charge >= 0.3 is 0 Å². The normalized spacial score (nSPS) is 16.6. The number of anilines is 1. The van der Waals surface area contributed by atoms with Crippen molar-refractivity contribution in [3.8, 4) is 12.3 Å². The van der Waals surface area contributed by atoms with Crippen molar-refractivity contribution in [2.24, 2.45) is 0 Å². The third-order valence-electron chi connectivity index (χ3n) is 3.42. The summed E-state index contributed by atoms with van der Waals surface area (Å²) in [5, 5.41) is 14.3. The van der Waals surface area contributed by atoms with Crippen LogP contribution in [0.5, 0.6) is 0 Å². The summed E-state index contributed by atoms with van der Waals surface area (Å²) < 4.78 is 0.707. The van der Waals surface area contributed by atoms with Crippen LogP contribution in [-0.4, -0.2) is 35.5 Å². The lowest BCUT2D eigenvalue weighted by Crippen LogP contribution is -2.39. The number of benzene rings is 1. The molecule has 106 valence electrons. The van der Waals surface area contributed by atoms with Gasteiger partial charge in [0.1, 0.15) is 5.69 Å². The number of piperidine rings is 1. The molecule has 1 aliphatic rings. The summed E-state index contributed by atoms with van der Waals surface area (Å²) in [4.78, 5) is 12.9. The summed E-state index contributed by atoms with van der Waals surface area (Å²) >= 11 is 3.26. The highest BCUT2D eigenvalue weighted by atomic mass is 79.9. The monoisotopic (exact) mass is 337 g/mol. The lowest BCUT2D eigenvalue weighted by atomic mass is 10.0. The predicted octanol–water partition coefficient (Wildman–Crippen LogP) is 2.87. The first kappa shape index (κ1) is 14.8. The molecule has 1 fully saturated rings. The standard InChI is InChI=1S/C14H16BrN3O2/c1-2-7-17-8-5-12(6-9-17)16-13-4-3-11(15)10-14(13)18(19)20/h1,3-4,10,12,16H,5-9H2. The molecule has 1 aliphatic heterocycles. The highest BCUT2D eigenvalue weighted by Crippen LogP contribution is 2.29. The molecule has 2 rings (SSSR count). The van der Waals surface area contributed by atoms with Gasteiger partial charge in [0.05, 0.1) is 11.5 Å². The average molecular weight is 338 g/mol. The van der Waals surface area contributed by atoms with Gasteiger partial charge in [0.15, 0.2) is 0 Å². The number of likely N-dealkylation sites (tertiary alicyclic amines) is 1. The lowest BCUT2D eigenvalue weighted by Gasteiger charge is -2.31. The first-order valence-electron chi connectivity index (χ1n) is 6.46. The zero-order valence-corrected chi connectivity index (χ0v) is 12.6. The van der Waals surface area contributed by atoms with E-state index in [1.807, 2.05) is 6.07 Å². The Labute approximate surface area is 126 Å². The average Bonchev–Trinajstić information content (AvgIpc) is 2.43. The van der Waals surface area contributed by atoms with Crippen LogP contribution < -0.4 is 5.32 Å². The summed E-state index contributed by atoms with van der Waals surface area (Å²) in [6, 6.07) is 5.33. The Bertz CT molecular complexity index is 534. The summed E-state index contributed by atoms with van der Waals surface area (Å²) in [6.07, 6.45) is 7.18. The molecule has 0 amide bonds. The van der Waals surface area contributed by atoms with E-state index in [0.29, 0.717) is 16.7 Å². The zero-order chi connectivity index (χ0) is 14.5. The zero-order valence-electron chi connectivity index (χ0n) is 11.0. The van der Waals surface area contributed by atoms with Crippen LogP contribution in [0.3, 0.4) is 0 Å². The molecule has 0 saturated carbocycles. The van der Waals surface area contributed by atoms with Gasteiger partial charge in [-0.15, -0.1) is 6.42 Å². The van der Waals surface area contributed by atoms with Crippen molar-refractivity contribution in [2.45, 2.75) is 18.9 Å². The van der Waals surface area contributed by atoms with Crippen LogP contribution in [0.25, 0.3) is 0 Å². The number of nitrogens with one attached hydrogen (secondary N) is 1. The molecule has 0 aliphatic carbocycles. The van der Waals surface area contributed by atoms with Crippen molar-refractivity contribution in [2.75, 3.05) is 25.0 Å². The van der Waals surface area contributed by atoms with E-state index in [2.05, 4.69) is 32.1 Å². The Balaban J connectivity index is 2.01. The summed E-state index contributed by atoms with van der Waals surface area (Å²) in [7, 11) is 0. The van der Waals surface area contributed by atoms with Crippen LogP contribution in [-0.2, 0) is 0 Å². The van der Waals surface area contributed by atoms with Crippen molar-refractivity contribution in [3.05, 3.63) is 32.8 Å². The number of nitro groups is 1. The number of halogens is 1. The second-order valence-corrected chi connectivity index (χ2v) is 5.73. The molecule has 0 bridgehead atoms. The number of terminal acetylenes is 1. The highest BCUT2D eigenvalue weighted by Gasteiger charge is 2.21. The number of nitrogens with zero attached hydrogens (tertiary/aromatic N) is 2. The molecule has 5 nitrogen and oxygen atoms in total. The van der Waals surface area contributed by atoms with Crippen molar-refractivity contribution in [3.63, 3.8) is 0 Å². The minimum atomic E-state index is -0.361. The van der Waals surface area contributed by atoms with Gasteiger partial charge in [-0.05, 0) is 25.0 Å². The number of nitro benzene ring substituents is 1. The highest BCUT2D eigenvalue weighted by molar-refractivity contribution is 9.10. The van der Waals surface area contributed by atoms with Crippen molar-refractivity contribution in [1.29, 1.82) is 0 Å². The molecule has 0 unspecified atom stereocenters. The molecule has 1 N–H and O–H groups in total. The Kier molecular flexibility index (Phi) is 4.99. The lowest BCUT2D eigenvalue weighted by molar-refractivity contribution is -0.384. The van der Waals surface area contributed by atoms with E-state index in [-0.39, 0.29) is 16.7 Å². The van der Waals surface area contributed by atoms with E-state index in [9.17, 15) is 10.1 Å². The molecule has 1 saturated heterocycles. The van der Waals surface area contributed by atoms with Gasteiger partial charge in [-0.3, -0.25) is 15.0 Å². The molecule has 1 aromatic carbocycles. The Hall–Kier alpha value is -1.58. The van der Waals surface area contributed by atoms with Gasteiger partial charge in [0.2, 0.25) is 0 Å². The molecule has 0 atom stereocenters. The minimum absolute atomic E-state index is 0.102. The van der Waals surface area contributed by atoms with E-state index in [1.54, 1.807) is 6.07 Å². The molecule has 0 aromatic heterocycles. The van der Waals surface area contributed by atoms with Gasteiger partial charge in [0.25, 0.3) is 5.69 Å². The Morgan fingerprint density at radius 1 is 1.50 bits per heavy atom. The topological polar surface area (TPSA) is 58.4 Å². The van der Waals surface area contributed by atoms with Crippen LogP contribution in [0, 0.1) is 22.5 Å². The van der Waals surface area contributed by atoms with Gasteiger partial charge in [-0.1, -0.05) is 21.9 Å². The van der Waals surface area contributed by atoms with Crippen LogP contribution in [0.2, 0.25) is 0 Å². The van der Waals surface area contributed by atoms with Crippen molar-refractivity contribution in [1.82, 2.24) is 4.90 Å². The minimum Gasteiger partial charge on any atom is -0.377 e. The van der Waals surface area contributed by atoms with E-state index in [1.165, 1.54) is 6.07 Å². The summed E-state index contributed by atoms with van der Waals surface area (Å²) in [6.45, 7) is 2.52. The molecular formula is C14H16BrN3O2. The van der Waals surface area contributed by atoms with Crippen molar-refractivity contribution < 1.29 is 4.92 Å². The van der Waals surface area contributed by atoms with Gasteiger partial charge in [-0.25, -0.2) is 0 Å². The molecule has 1 heterocycles. The first-order valence-corrected chi connectivity index (χ1v) is 7.25. The van der Waals surface area contributed by atoms with E-state index < -0.39 is 0 Å². The summed E-state index contributed by atoms with van der Waals surface area (Å²) in [5.74, 6) is 2.64. The third-order valence-corrected chi connectivity index (χ3v) is 3.91. The molecular weight excluding hydrogens is 322 g/mol. The molecule has 20 heavy (non-hydrogen) atoms. The Morgan fingerprint density at radius 2 is 2.20 bits per heavy atom. The fourth-order valence-electron chi connectivity index (χ4n) is 2.36. The summed E-state index contributed by atoms with van der Waals surface area (Å²) in [5.41, 5.74) is 0.680. The smallest absolute Gasteiger partial charge is 0.293 e. The van der Waals surface area contributed by atoms with E-state index in [4.69, 9.17) is 6.42 Å². The quantitative estimate of drug-likeness (QED) is 0.521. The molecule has 0 spiro atoms. The third kappa shape index (κ3) is 3.71. The second kappa shape index (κ2) is 6.73. The fraction of sp³-hybridized carbons (Fsp3) is 0.429. The maximum Gasteiger partial charge on any atom is 0.293 e. The fourth-order valence-corrected chi connectivity index (χ4v) is 2.71. The number of hydrogen-bond donors (Lipinski definition) is 1. The van der Waals surface area contributed by atoms with Gasteiger partial charge in [-0.2, -0.15) is 0 Å². The molecule has 6 heteroatoms. The van der Waals surface area contributed by atoms with Crippen LogP contribution >= 0.6 is 15.9 Å². The molecule has 1 aromatic rings. The van der Waals surface area contributed by atoms with Crippen molar-refractivity contribution >= 4 is 27.3 Å². The SMILES string of the molecule is C#CCN1CCC(Nc2ccc(Br)cc2[N+](=O)[O-])CC1. The maximum atomic E-state index is 11.1. The van der Waals surface area contributed by atoms with E-state index >= 15 is 0 Å². The largest absolute Gasteiger partial charge is 0.377 e. The van der Waals surface area contributed by atoms with Gasteiger partial charge in [0, 0.05) is 29.7 Å². The number of hydrogen-bond acceptors (Lipinski definition) is 4. The Morgan fingerprint density at radius 3 is 2.80 bits per heavy atom. The second-order valence-electron chi connectivity index (χ2n) is 4.82. The van der Waals surface area contributed by atoms with Gasteiger partial charge < -0.3 is 5.32 Å².